The maximum absolute atomic E-state index is 13.1. The van der Waals surface area contributed by atoms with Crippen molar-refractivity contribution in [2.45, 2.75) is 31.4 Å². The highest BCUT2D eigenvalue weighted by Crippen LogP contribution is 2.59. The molecule has 17 heavy (non-hydrogen) atoms. The molecule has 2 rings (SSSR count). The van der Waals surface area contributed by atoms with E-state index in [9.17, 15) is 17.6 Å². The number of halogens is 4. The van der Waals surface area contributed by atoms with Gasteiger partial charge in [0, 0.05) is 12.0 Å². The molecular weight excluding hydrogens is 238 g/mol. The maximum atomic E-state index is 13.1. The fourth-order valence-electron chi connectivity index (χ4n) is 1.85. The van der Waals surface area contributed by atoms with Gasteiger partial charge in [-0.3, -0.25) is 0 Å². The first-order valence-corrected chi connectivity index (χ1v) is 4.99. The molecule has 1 unspecified atom stereocenters. The van der Waals surface area contributed by atoms with Crippen LogP contribution < -0.4 is 10.5 Å². The van der Waals surface area contributed by atoms with Crippen molar-refractivity contribution >= 4 is 0 Å². The molecule has 1 aromatic rings. The van der Waals surface area contributed by atoms with Crippen LogP contribution in [0.15, 0.2) is 18.2 Å². The van der Waals surface area contributed by atoms with E-state index < -0.39 is 24.5 Å². The summed E-state index contributed by atoms with van der Waals surface area (Å²) >= 11 is 0. The second kappa shape index (κ2) is 3.60. The van der Waals surface area contributed by atoms with Crippen LogP contribution in [0.5, 0.6) is 5.75 Å². The first kappa shape index (κ1) is 12.2. The van der Waals surface area contributed by atoms with E-state index in [1.807, 2.05) is 0 Å². The zero-order valence-electron chi connectivity index (χ0n) is 9.01. The molecule has 1 aromatic carbocycles. The average molecular weight is 249 g/mol. The Balaban J connectivity index is 2.45. The molecule has 0 amide bonds. The number of alkyl halides is 4. The molecule has 1 atom stereocenters. The van der Waals surface area contributed by atoms with Crippen LogP contribution in [0, 0.1) is 6.92 Å². The molecule has 2 N–H and O–H groups in total. The van der Waals surface area contributed by atoms with Crippen molar-refractivity contribution in [1.29, 1.82) is 0 Å². The quantitative estimate of drug-likeness (QED) is 0.836. The Morgan fingerprint density at radius 3 is 2.41 bits per heavy atom. The summed E-state index contributed by atoms with van der Waals surface area (Å²) < 4.78 is 55.0. The van der Waals surface area contributed by atoms with Gasteiger partial charge in [0.05, 0.1) is 0 Å². The van der Waals surface area contributed by atoms with E-state index in [2.05, 4.69) is 4.74 Å². The molecule has 0 heterocycles. The van der Waals surface area contributed by atoms with Crippen LogP contribution in [-0.4, -0.2) is 12.5 Å². The molecule has 1 saturated carbocycles. The van der Waals surface area contributed by atoms with Crippen LogP contribution in [0.3, 0.4) is 0 Å². The Morgan fingerprint density at radius 2 is 1.94 bits per heavy atom. The van der Waals surface area contributed by atoms with Crippen molar-refractivity contribution < 1.29 is 22.3 Å². The number of para-hydroxylation sites is 1. The predicted molar refractivity (Wildman–Crippen MR) is 53.2 cm³/mol. The van der Waals surface area contributed by atoms with Crippen molar-refractivity contribution in [1.82, 2.24) is 0 Å². The minimum absolute atomic E-state index is 0.0669. The molecule has 1 fully saturated rings. The number of aryl methyl sites for hydroxylation is 1. The standard InChI is InChI=1S/C11H11F4NO/c1-6-3-2-4-7(8(6)17-9(12)13)10(16)5-11(10,14)15/h2-4,9H,5,16H2,1H3. The van der Waals surface area contributed by atoms with E-state index >= 15 is 0 Å². The van der Waals surface area contributed by atoms with Crippen molar-refractivity contribution in [2.24, 2.45) is 5.73 Å². The summed E-state index contributed by atoms with van der Waals surface area (Å²) in [6.45, 7) is -1.56. The third kappa shape index (κ3) is 1.86. The van der Waals surface area contributed by atoms with Gasteiger partial charge in [0.25, 0.3) is 5.92 Å². The second-order valence-electron chi connectivity index (χ2n) is 4.18. The van der Waals surface area contributed by atoms with Gasteiger partial charge in [0.2, 0.25) is 0 Å². The molecular formula is C11H11F4NO. The summed E-state index contributed by atoms with van der Waals surface area (Å²) in [5.41, 5.74) is 3.92. The third-order valence-corrected chi connectivity index (χ3v) is 2.93. The number of rotatable bonds is 3. The van der Waals surface area contributed by atoms with E-state index in [1.54, 1.807) is 0 Å². The van der Waals surface area contributed by atoms with Gasteiger partial charge in [0.15, 0.2) is 0 Å². The lowest BCUT2D eigenvalue weighted by Crippen LogP contribution is -2.28. The smallest absolute Gasteiger partial charge is 0.387 e. The van der Waals surface area contributed by atoms with Gasteiger partial charge in [-0.25, -0.2) is 8.78 Å². The SMILES string of the molecule is Cc1cccc(C2(N)CC2(F)F)c1OC(F)F. The molecule has 0 aliphatic heterocycles. The molecule has 0 radical (unpaired) electrons. The first-order valence-electron chi connectivity index (χ1n) is 4.99. The van der Waals surface area contributed by atoms with Crippen LogP contribution in [0.1, 0.15) is 17.5 Å². The van der Waals surface area contributed by atoms with Gasteiger partial charge in [-0.1, -0.05) is 18.2 Å². The van der Waals surface area contributed by atoms with Gasteiger partial charge < -0.3 is 10.5 Å². The number of hydrogen-bond donors (Lipinski definition) is 1. The first-order chi connectivity index (χ1) is 7.78. The van der Waals surface area contributed by atoms with Gasteiger partial charge >= 0.3 is 6.61 Å². The minimum Gasteiger partial charge on any atom is -0.434 e. The Hall–Kier alpha value is -1.30. The van der Waals surface area contributed by atoms with E-state index in [-0.39, 0.29) is 11.3 Å². The molecule has 94 valence electrons. The molecule has 1 aliphatic carbocycles. The topological polar surface area (TPSA) is 35.2 Å². The van der Waals surface area contributed by atoms with Crippen molar-refractivity contribution in [2.75, 3.05) is 0 Å². The van der Waals surface area contributed by atoms with Crippen LogP contribution in [0.4, 0.5) is 17.6 Å². The molecule has 0 bridgehead atoms. The number of nitrogens with two attached hydrogens (primary N) is 1. The van der Waals surface area contributed by atoms with Crippen molar-refractivity contribution in [3.63, 3.8) is 0 Å². The predicted octanol–water partition coefficient (Wildman–Crippen LogP) is 2.79. The Morgan fingerprint density at radius 1 is 1.35 bits per heavy atom. The van der Waals surface area contributed by atoms with Crippen molar-refractivity contribution in [3.05, 3.63) is 29.3 Å². The second-order valence-corrected chi connectivity index (χ2v) is 4.18. The molecule has 0 saturated heterocycles. The average Bonchev–Trinajstić information content (AvgIpc) is 2.70. The fraction of sp³-hybridized carbons (Fsp3) is 0.455. The zero-order valence-corrected chi connectivity index (χ0v) is 9.01. The highest BCUT2D eigenvalue weighted by Gasteiger charge is 2.70. The van der Waals surface area contributed by atoms with Gasteiger partial charge in [0.1, 0.15) is 11.3 Å². The molecule has 6 heteroatoms. The number of benzene rings is 1. The van der Waals surface area contributed by atoms with E-state index in [0.29, 0.717) is 5.56 Å². The van der Waals surface area contributed by atoms with Crippen LogP contribution >= 0.6 is 0 Å². The lowest BCUT2D eigenvalue weighted by Gasteiger charge is -2.18. The largest absolute Gasteiger partial charge is 0.434 e. The van der Waals surface area contributed by atoms with E-state index in [1.165, 1.54) is 25.1 Å². The maximum Gasteiger partial charge on any atom is 0.387 e. The van der Waals surface area contributed by atoms with Crippen LogP contribution in [0.2, 0.25) is 0 Å². The summed E-state index contributed by atoms with van der Waals surface area (Å²) in [6, 6.07) is 4.29. The lowest BCUT2D eigenvalue weighted by molar-refractivity contribution is -0.0516. The third-order valence-electron chi connectivity index (χ3n) is 2.93. The Bertz CT molecular complexity index is 449. The Kier molecular flexibility index (Phi) is 2.57. The number of hydrogen-bond acceptors (Lipinski definition) is 2. The Labute approximate surface area is 95.4 Å². The molecule has 0 spiro atoms. The molecule has 1 aliphatic rings. The zero-order chi connectivity index (χ0) is 12.8. The monoisotopic (exact) mass is 249 g/mol. The lowest BCUT2D eigenvalue weighted by atomic mass is 10.0. The highest BCUT2D eigenvalue weighted by molar-refractivity contribution is 5.49. The normalized spacial score (nSPS) is 26.1. The summed E-state index contributed by atoms with van der Waals surface area (Å²) in [5.74, 6) is -3.32. The van der Waals surface area contributed by atoms with Crippen molar-refractivity contribution in [3.8, 4) is 5.75 Å². The number of ether oxygens (including phenoxy) is 1. The molecule has 0 aromatic heterocycles. The summed E-state index contributed by atoms with van der Waals surface area (Å²) in [6.07, 6.45) is -0.553. The highest BCUT2D eigenvalue weighted by atomic mass is 19.3. The van der Waals surface area contributed by atoms with Gasteiger partial charge in [-0.2, -0.15) is 8.78 Å². The van der Waals surface area contributed by atoms with E-state index in [4.69, 9.17) is 5.73 Å². The van der Waals surface area contributed by atoms with Crippen LogP contribution in [0.25, 0.3) is 0 Å². The minimum atomic E-state index is -3.07. The summed E-state index contributed by atoms with van der Waals surface area (Å²) in [5, 5.41) is 0. The fourth-order valence-corrected chi connectivity index (χ4v) is 1.85. The van der Waals surface area contributed by atoms with Crippen LogP contribution in [-0.2, 0) is 5.54 Å². The molecule has 2 nitrogen and oxygen atoms in total. The van der Waals surface area contributed by atoms with Gasteiger partial charge in [-0.15, -0.1) is 0 Å². The summed E-state index contributed by atoms with van der Waals surface area (Å²) in [7, 11) is 0. The summed E-state index contributed by atoms with van der Waals surface area (Å²) in [4.78, 5) is 0. The van der Waals surface area contributed by atoms with E-state index in [0.717, 1.165) is 0 Å². The van der Waals surface area contributed by atoms with Gasteiger partial charge in [-0.05, 0) is 12.5 Å².